The summed E-state index contributed by atoms with van der Waals surface area (Å²) in [4.78, 5) is 24.0. The third-order valence-corrected chi connectivity index (χ3v) is 4.46. The number of ether oxygens (including phenoxy) is 1. The maximum Gasteiger partial charge on any atom is 0.312 e. The predicted octanol–water partition coefficient (Wildman–Crippen LogP) is 5.01. The first-order valence-corrected chi connectivity index (χ1v) is 9.42. The molecule has 1 unspecified atom stereocenters. The summed E-state index contributed by atoms with van der Waals surface area (Å²) in [6.07, 6.45) is -0.120. The molecule has 0 fully saturated rings. The first-order chi connectivity index (χ1) is 14.4. The zero-order valence-corrected chi connectivity index (χ0v) is 16.5. The minimum absolute atomic E-state index is 0.0704. The highest BCUT2D eigenvalue weighted by atomic mass is 35.5. The van der Waals surface area contributed by atoms with E-state index in [0.717, 1.165) is 6.07 Å². The quantitative estimate of drug-likeness (QED) is 0.494. The van der Waals surface area contributed by atoms with Gasteiger partial charge in [-0.15, -0.1) is 0 Å². The average molecular weight is 428 g/mol. The molecule has 3 aromatic rings. The lowest BCUT2D eigenvalue weighted by atomic mass is 10.0. The summed E-state index contributed by atoms with van der Waals surface area (Å²) in [5.74, 6) is 0.243. The molecule has 0 saturated carbocycles. The second kappa shape index (κ2) is 9.76. The Labute approximate surface area is 177 Å². The minimum Gasteiger partial charge on any atom is -0.457 e. The van der Waals surface area contributed by atoms with Gasteiger partial charge in [0.15, 0.2) is 0 Å². The fourth-order valence-electron chi connectivity index (χ4n) is 2.82. The normalized spacial score (nSPS) is 11.4. The highest BCUT2D eigenvalue weighted by Gasteiger charge is 2.19. The van der Waals surface area contributed by atoms with Crippen LogP contribution in [0.25, 0.3) is 0 Å². The van der Waals surface area contributed by atoms with E-state index in [1.54, 1.807) is 24.3 Å². The van der Waals surface area contributed by atoms with Crippen LogP contribution in [-0.2, 0) is 4.79 Å². The van der Waals surface area contributed by atoms with E-state index < -0.39 is 23.8 Å². The molecule has 0 aliphatic carbocycles. The highest BCUT2D eigenvalue weighted by molar-refractivity contribution is 6.33. The number of nitrogens with one attached hydrogen (secondary N) is 2. The molecule has 0 aromatic heterocycles. The lowest BCUT2D eigenvalue weighted by Crippen LogP contribution is -2.35. The van der Waals surface area contributed by atoms with Gasteiger partial charge >= 0.3 is 6.03 Å². The third-order valence-electron chi connectivity index (χ3n) is 4.15. The molecule has 3 amide bonds. The molecule has 3 rings (SSSR count). The number of anilines is 1. The molecule has 0 aliphatic heterocycles. The van der Waals surface area contributed by atoms with Crippen molar-refractivity contribution in [3.63, 3.8) is 0 Å². The van der Waals surface area contributed by atoms with Crippen LogP contribution in [0.5, 0.6) is 11.5 Å². The van der Waals surface area contributed by atoms with Crippen LogP contribution < -0.4 is 21.1 Å². The topological polar surface area (TPSA) is 93.5 Å². The number of rotatable bonds is 7. The van der Waals surface area contributed by atoms with E-state index in [-0.39, 0.29) is 17.1 Å². The Balaban J connectivity index is 1.76. The van der Waals surface area contributed by atoms with E-state index in [1.807, 2.05) is 30.3 Å². The van der Waals surface area contributed by atoms with Crippen molar-refractivity contribution in [3.8, 4) is 11.5 Å². The number of hydrogen-bond acceptors (Lipinski definition) is 3. The molecule has 0 radical (unpaired) electrons. The number of carbonyl (C=O) groups is 2. The van der Waals surface area contributed by atoms with Crippen LogP contribution in [0.1, 0.15) is 18.0 Å². The van der Waals surface area contributed by atoms with Gasteiger partial charge in [0.25, 0.3) is 0 Å². The molecule has 0 aliphatic rings. The Morgan fingerprint density at radius 1 is 1.00 bits per heavy atom. The van der Waals surface area contributed by atoms with Crippen molar-refractivity contribution in [2.45, 2.75) is 12.5 Å². The fraction of sp³-hybridized carbons (Fsp3) is 0.0909. The predicted molar refractivity (Wildman–Crippen MR) is 113 cm³/mol. The van der Waals surface area contributed by atoms with Gasteiger partial charge in [0.2, 0.25) is 5.91 Å². The molecular formula is C22H19ClFN3O3. The molecule has 0 spiro atoms. The van der Waals surface area contributed by atoms with Gasteiger partial charge in [-0.3, -0.25) is 4.79 Å². The summed E-state index contributed by atoms with van der Waals surface area (Å²) in [7, 11) is 0. The molecule has 1 atom stereocenters. The van der Waals surface area contributed by atoms with Crippen LogP contribution in [-0.4, -0.2) is 11.9 Å². The zero-order valence-electron chi connectivity index (χ0n) is 15.8. The summed E-state index contributed by atoms with van der Waals surface area (Å²) < 4.78 is 19.0. The molecule has 4 N–H and O–H groups in total. The number of primary amides is 1. The summed E-state index contributed by atoms with van der Waals surface area (Å²) in [5.41, 5.74) is 6.18. The van der Waals surface area contributed by atoms with Crippen molar-refractivity contribution in [1.82, 2.24) is 5.32 Å². The van der Waals surface area contributed by atoms with Crippen molar-refractivity contribution in [3.05, 3.63) is 89.2 Å². The van der Waals surface area contributed by atoms with E-state index in [4.69, 9.17) is 22.1 Å². The van der Waals surface area contributed by atoms with Crippen molar-refractivity contribution in [1.29, 1.82) is 0 Å². The highest BCUT2D eigenvalue weighted by Crippen LogP contribution is 2.27. The number of para-hydroxylation sites is 1. The van der Waals surface area contributed by atoms with E-state index in [9.17, 15) is 14.0 Å². The number of halogens is 2. The molecule has 3 aromatic carbocycles. The molecule has 8 heteroatoms. The standard InChI is InChI=1S/C22H19ClFN3O3/c23-18-12-15(24)9-10-19(18)26-21(28)13-20(27-22(25)29)14-5-4-8-17(11-14)30-16-6-2-1-3-7-16/h1-12,20H,13H2,(H,26,28)(H3,25,27,29). The zero-order chi connectivity index (χ0) is 21.5. The van der Waals surface area contributed by atoms with Gasteiger partial charge < -0.3 is 21.1 Å². The maximum absolute atomic E-state index is 13.2. The van der Waals surface area contributed by atoms with Gasteiger partial charge in [-0.05, 0) is 48.0 Å². The lowest BCUT2D eigenvalue weighted by molar-refractivity contribution is -0.116. The largest absolute Gasteiger partial charge is 0.457 e. The Morgan fingerprint density at radius 3 is 2.43 bits per heavy atom. The Hall–Kier alpha value is -3.58. The monoisotopic (exact) mass is 427 g/mol. The molecule has 6 nitrogen and oxygen atoms in total. The number of carbonyl (C=O) groups excluding carboxylic acids is 2. The van der Waals surface area contributed by atoms with E-state index in [2.05, 4.69) is 10.6 Å². The van der Waals surface area contributed by atoms with Gasteiger partial charge in [-0.1, -0.05) is 41.9 Å². The molecule has 154 valence electrons. The van der Waals surface area contributed by atoms with Crippen LogP contribution in [0.2, 0.25) is 5.02 Å². The van der Waals surface area contributed by atoms with Crippen LogP contribution in [0.4, 0.5) is 14.9 Å². The van der Waals surface area contributed by atoms with Gasteiger partial charge in [0, 0.05) is 0 Å². The van der Waals surface area contributed by atoms with Crippen LogP contribution >= 0.6 is 11.6 Å². The summed E-state index contributed by atoms with van der Waals surface area (Å²) >= 11 is 5.95. The van der Waals surface area contributed by atoms with Crippen molar-refractivity contribution < 1.29 is 18.7 Å². The summed E-state index contributed by atoms with van der Waals surface area (Å²) in [6, 6.07) is 18.3. The number of hydrogen-bond donors (Lipinski definition) is 3. The van der Waals surface area contributed by atoms with E-state index in [0.29, 0.717) is 17.1 Å². The Kier molecular flexibility index (Phi) is 6.87. The van der Waals surface area contributed by atoms with Gasteiger partial charge in [0.1, 0.15) is 17.3 Å². The van der Waals surface area contributed by atoms with Gasteiger partial charge in [-0.2, -0.15) is 0 Å². The smallest absolute Gasteiger partial charge is 0.312 e. The van der Waals surface area contributed by atoms with E-state index >= 15 is 0 Å². The SMILES string of the molecule is NC(=O)NC(CC(=O)Nc1ccc(F)cc1Cl)c1cccc(Oc2ccccc2)c1. The van der Waals surface area contributed by atoms with Crippen molar-refractivity contribution >= 4 is 29.2 Å². The second-order valence-corrected chi connectivity index (χ2v) is 6.83. The van der Waals surface area contributed by atoms with Gasteiger partial charge in [0.05, 0.1) is 23.2 Å². The van der Waals surface area contributed by atoms with Crippen molar-refractivity contribution in [2.24, 2.45) is 5.73 Å². The van der Waals surface area contributed by atoms with Gasteiger partial charge in [-0.25, -0.2) is 9.18 Å². The van der Waals surface area contributed by atoms with Crippen LogP contribution in [0.3, 0.4) is 0 Å². The number of benzene rings is 3. The fourth-order valence-corrected chi connectivity index (χ4v) is 3.04. The first kappa shape index (κ1) is 21.1. The molecule has 0 heterocycles. The Bertz CT molecular complexity index is 1050. The average Bonchev–Trinajstić information content (AvgIpc) is 2.70. The van der Waals surface area contributed by atoms with Crippen LogP contribution in [0.15, 0.2) is 72.8 Å². The summed E-state index contributed by atoms with van der Waals surface area (Å²) in [6.45, 7) is 0. The third kappa shape index (κ3) is 5.96. The first-order valence-electron chi connectivity index (χ1n) is 9.04. The number of urea groups is 1. The Morgan fingerprint density at radius 2 is 1.73 bits per heavy atom. The molecule has 0 saturated heterocycles. The van der Waals surface area contributed by atoms with Crippen LogP contribution in [0, 0.1) is 5.82 Å². The number of amides is 3. The van der Waals surface area contributed by atoms with E-state index in [1.165, 1.54) is 12.1 Å². The minimum atomic E-state index is -0.776. The lowest BCUT2D eigenvalue weighted by Gasteiger charge is -2.19. The number of nitrogens with two attached hydrogens (primary N) is 1. The second-order valence-electron chi connectivity index (χ2n) is 6.43. The maximum atomic E-state index is 13.2. The molecule has 30 heavy (non-hydrogen) atoms. The molecule has 0 bridgehead atoms. The molecular weight excluding hydrogens is 409 g/mol. The van der Waals surface area contributed by atoms with Crippen molar-refractivity contribution in [2.75, 3.05) is 5.32 Å². The summed E-state index contributed by atoms with van der Waals surface area (Å²) in [5, 5.41) is 5.23.